The molecule has 1 aromatic carbocycles. The Morgan fingerprint density at radius 1 is 1.37 bits per heavy atom. The summed E-state index contributed by atoms with van der Waals surface area (Å²) in [4.78, 5) is 11.8. The van der Waals surface area contributed by atoms with Gasteiger partial charge in [0.2, 0.25) is 10.0 Å². The second-order valence-electron chi connectivity index (χ2n) is 3.84. The van der Waals surface area contributed by atoms with Crippen LogP contribution < -0.4 is 20.5 Å². The molecule has 0 unspecified atom stereocenters. The molecule has 1 amide bonds. The molecule has 0 saturated carbocycles. The van der Waals surface area contributed by atoms with Crippen LogP contribution in [0.4, 0.5) is 5.69 Å². The number of benzene rings is 1. The minimum Gasteiger partial charge on any atom is -0.495 e. The first-order valence-corrected chi connectivity index (χ1v) is 7.39. The van der Waals surface area contributed by atoms with Crippen molar-refractivity contribution < 1.29 is 17.9 Å². The van der Waals surface area contributed by atoms with E-state index in [9.17, 15) is 13.2 Å². The smallest absolute Gasteiger partial charge is 0.253 e. The maximum atomic E-state index is 11.8. The SMILES string of the molecule is COc1cccc(C(=O)NCCNS(C)(=O)=O)c1N. The number of nitrogens with one attached hydrogen (secondary N) is 2. The van der Waals surface area contributed by atoms with Gasteiger partial charge in [0, 0.05) is 13.1 Å². The third-order valence-electron chi connectivity index (χ3n) is 2.31. The zero-order valence-corrected chi connectivity index (χ0v) is 11.6. The summed E-state index contributed by atoms with van der Waals surface area (Å²) >= 11 is 0. The molecule has 7 nitrogen and oxygen atoms in total. The van der Waals surface area contributed by atoms with Gasteiger partial charge in [-0.1, -0.05) is 6.07 Å². The lowest BCUT2D eigenvalue weighted by atomic mass is 10.1. The van der Waals surface area contributed by atoms with Gasteiger partial charge in [-0.3, -0.25) is 4.79 Å². The molecule has 0 atom stereocenters. The van der Waals surface area contributed by atoms with E-state index in [2.05, 4.69) is 10.0 Å². The number of nitrogen functional groups attached to an aromatic ring is 1. The van der Waals surface area contributed by atoms with E-state index in [0.717, 1.165) is 6.26 Å². The third kappa shape index (κ3) is 4.76. The average Bonchev–Trinajstić information content (AvgIpc) is 2.33. The van der Waals surface area contributed by atoms with E-state index < -0.39 is 10.0 Å². The molecule has 0 aliphatic carbocycles. The lowest BCUT2D eigenvalue weighted by molar-refractivity contribution is 0.0955. The Balaban J connectivity index is 2.59. The van der Waals surface area contributed by atoms with E-state index in [-0.39, 0.29) is 24.7 Å². The average molecular weight is 287 g/mol. The number of nitrogens with two attached hydrogens (primary N) is 1. The van der Waals surface area contributed by atoms with Crippen LogP contribution in [0.1, 0.15) is 10.4 Å². The summed E-state index contributed by atoms with van der Waals surface area (Å²) in [6.07, 6.45) is 1.05. The van der Waals surface area contributed by atoms with Crippen molar-refractivity contribution in [3.8, 4) is 5.75 Å². The molecule has 0 bridgehead atoms. The van der Waals surface area contributed by atoms with Gasteiger partial charge >= 0.3 is 0 Å². The van der Waals surface area contributed by atoms with Gasteiger partial charge in [-0.15, -0.1) is 0 Å². The van der Waals surface area contributed by atoms with Crippen molar-refractivity contribution >= 4 is 21.6 Å². The minimum atomic E-state index is -3.25. The van der Waals surface area contributed by atoms with Crippen LogP contribution in [-0.2, 0) is 10.0 Å². The highest BCUT2D eigenvalue weighted by Crippen LogP contribution is 2.24. The van der Waals surface area contributed by atoms with Crippen molar-refractivity contribution in [3.05, 3.63) is 23.8 Å². The van der Waals surface area contributed by atoms with Gasteiger partial charge in [-0.05, 0) is 12.1 Å². The second-order valence-corrected chi connectivity index (χ2v) is 5.68. The summed E-state index contributed by atoms with van der Waals surface area (Å²) in [5, 5.41) is 2.56. The van der Waals surface area contributed by atoms with Crippen molar-refractivity contribution in [2.24, 2.45) is 0 Å². The molecule has 0 heterocycles. The number of amides is 1. The zero-order chi connectivity index (χ0) is 14.5. The molecule has 1 rings (SSSR count). The van der Waals surface area contributed by atoms with E-state index in [1.807, 2.05) is 0 Å². The first-order chi connectivity index (χ1) is 8.85. The molecule has 4 N–H and O–H groups in total. The van der Waals surface area contributed by atoms with Crippen LogP contribution in [0.3, 0.4) is 0 Å². The Kier molecular flexibility index (Phi) is 5.13. The summed E-state index contributed by atoms with van der Waals surface area (Å²) in [7, 11) is -1.79. The van der Waals surface area contributed by atoms with Gasteiger partial charge in [0.25, 0.3) is 5.91 Å². The molecule has 0 spiro atoms. The number of sulfonamides is 1. The fourth-order valence-corrected chi connectivity index (χ4v) is 1.90. The lowest BCUT2D eigenvalue weighted by Gasteiger charge is -2.10. The minimum absolute atomic E-state index is 0.119. The number of rotatable bonds is 6. The number of methoxy groups -OCH3 is 1. The predicted octanol–water partition coefficient (Wildman–Crippen LogP) is -0.444. The van der Waals surface area contributed by atoms with Crippen molar-refractivity contribution in [2.45, 2.75) is 0 Å². The highest BCUT2D eigenvalue weighted by Gasteiger charge is 2.12. The Bertz CT molecular complexity index is 557. The Labute approximate surface area is 112 Å². The lowest BCUT2D eigenvalue weighted by Crippen LogP contribution is -2.34. The van der Waals surface area contributed by atoms with Crippen molar-refractivity contribution in [1.82, 2.24) is 10.0 Å². The molecule has 8 heteroatoms. The number of anilines is 1. The molecule has 19 heavy (non-hydrogen) atoms. The van der Waals surface area contributed by atoms with E-state index in [0.29, 0.717) is 11.3 Å². The summed E-state index contributed by atoms with van der Waals surface area (Å²) in [5.41, 5.74) is 6.31. The molecule has 106 valence electrons. The largest absolute Gasteiger partial charge is 0.495 e. The standard InChI is InChI=1S/C11H17N3O4S/c1-18-9-5-3-4-8(10(9)12)11(15)13-6-7-14-19(2,16)17/h3-5,14H,6-7,12H2,1-2H3,(H,13,15). The van der Waals surface area contributed by atoms with Crippen LogP contribution >= 0.6 is 0 Å². The first kappa shape index (κ1) is 15.3. The van der Waals surface area contributed by atoms with E-state index >= 15 is 0 Å². The Hall–Kier alpha value is -1.80. The van der Waals surface area contributed by atoms with Gasteiger partial charge in [0.1, 0.15) is 5.75 Å². The van der Waals surface area contributed by atoms with Crippen molar-refractivity contribution in [1.29, 1.82) is 0 Å². The highest BCUT2D eigenvalue weighted by atomic mass is 32.2. The van der Waals surface area contributed by atoms with Gasteiger partial charge in [-0.25, -0.2) is 13.1 Å². The first-order valence-electron chi connectivity index (χ1n) is 5.50. The van der Waals surface area contributed by atoms with Crippen LogP contribution in [0, 0.1) is 0 Å². The summed E-state index contributed by atoms with van der Waals surface area (Å²) in [6.45, 7) is 0.289. The molecule has 0 aliphatic rings. The van der Waals surface area contributed by atoms with E-state index in [1.54, 1.807) is 18.2 Å². The predicted molar refractivity (Wildman–Crippen MR) is 72.6 cm³/mol. The quantitative estimate of drug-likeness (QED) is 0.485. The Morgan fingerprint density at radius 2 is 2.05 bits per heavy atom. The summed E-state index contributed by atoms with van der Waals surface area (Å²) in [6, 6.07) is 4.87. The highest BCUT2D eigenvalue weighted by molar-refractivity contribution is 7.88. The van der Waals surface area contributed by atoms with Crippen molar-refractivity contribution in [2.75, 3.05) is 32.2 Å². The van der Waals surface area contributed by atoms with Gasteiger partial charge in [0.15, 0.2) is 0 Å². The maximum absolute atomic E-state index is 11.8. The summed E-state index contributed by atoms with van der Waals surface area (Å²) < 4.78 is 28.9. The van der Waals surface area contributed by atoms with E-state index in [4.69, 9.17) is 10.5 Å². The van der Waals surface area contributed by atoms with Crippen LogP contribution in [0.2, 0.25) is 0 Å². The molecule has 0 fully saturated rings. The van der Waals surface area contributed by atoms with E-state index in [1.165, 1.54) is 7.11 Å². The molecule has 0 radical (unpaired) electrons. The van der Waals surface area contributed by atoms with Crippen LogP contribution in [0.25, 0.3) is 0 Å². The molecule has 0 aliphatic heterocycles. The fourth-order valence-electron chi connectivity index (χ4n) is 1.43. The maximum Gasteiger partial charge on any atom is 0.253 e. The number of ether oxygens (including phenoxy) is 1. The molecule has 0 saturated heterocycles. The van der Waals surface area contributed by atoms with Crippen LogP contribution in [0.5, 0.6) is 5.75 Å². The van der Waals surface area contributed by atoms with Gasteiger partial charge in [-0.2, -0.15) is 0 Å². The monoisotopic (exact) mass is 287 g/mol. The number of hydrogen-bond acceptors (Lipinski definition) is 5. The second kappa shape index (κ2) is 6.39. The normalized spacial score (nSPS) is 11.1. The van der Waals surface area contributed by atoms with Crippen LogP contribution in [-0.4, -0.2) is 40.8 Å². The number of para-hydroxylation sites is 1. The third-order valence-corrected chi connectivity index (χ3v) is 3.03. The molecule has 0 aromatic heterocycles. The van der Waals surface area contributed by atoms with Crippen LogP contribution in [0.15, 0.2) is 18.2 Å². The van der Waals surface area contributed by atoms with Crippen molar-refractivity contribution in [3.63, 3.8) is 0 Å². The molecular formula is C11H17N3O4S. The number of carbonyl (C=O) groups is 1. The Morgan fingerprint density at radius 3 is 2.63 bits per heavy atom. The molecular weight excluding hydrogens is 270 g/mol. The summed E-state index contributed by atoms with van der Waals surface area (Å²) in [5.74, 6) is 0.0358. The fraction of sp³-hybridized carbons (Fsp3) is 0.364. The van der Waals surface area contributed by atoms with Gasteiger partial charge in [0.05, 0.1) is 24.6 Å². The molecule has 1 aromatic rings. The zero-order valence-electron chi connectivity index (χ0n) is 10.8. The number of carbonyl (C=O) groups excluding carboxylic acids is 1. The number of hydrogen-bond donors (Lipinski definition) is 3. The topological polar surface area (TPSA) is 111 Å². The van der Waals surface area contributed by atoms with Gasteiger partial charge < -0.3 is 15.8 Å².